The van der Waals surface area contributed by atoms with Crippen molar-refractivity contribution in [3.05, 3.63) is 131 Å². The fraction of sp³-hybridized carbons (Fsp3) is 0.452. The van der Waals surface area contributed by atoms with E-state index in [4.69, 9.17) is 0 Å². The third-order valence-electron chi connectivity index (χ3n) is 15.6. The Bertz CT molecular complexity index is 2930. The van der Waals surface area contributed by atoms with Gasteiger partial charge in [-0.15, -0.1) is 24.8 Å². The predicted molar refractivity (Wildman–Crippen MR) is 325 cm³/mol. The van der Waals surface area contributed by atoms with Crippen molar-refractivity contribution in [2.75, 3.05) is 27.2 Å². The maximum Gasteiger partial charge on any atom is 0.251 e. The maximum absolute atomic E-state index is 14.8. The van der Waals surface area contributed by atoms with Gasteiger partial charge in [0, 0.05) is 36.3 Å². The molecule has 10 atom stereocenters. The number of hydrogen-bond donors (Lipinski definition) is 8. The average Bonchev–Trinajstić information content (AvgIpc) is 4.29. The van der Waals surface area contributed by atoms with Crippen LogP contribution in [0.2, 0.25) is 0 Å². The van der Waals surface area contributed by atoms with Crippen LogP contribution in [0.15, 0.2) is 109 Å². The summed E-state index contributed by atoms with van der Waals surface area (Å²) in [6.45, 7) is 18.0. The minimum Gasteiger partial charge on any atom is -0.348 e. The summed E-state index contributed by atoms with van der Waals surface area (Å²) in [5.74, 6) is -3.69. The Morgan fingerprint density at radius 2 is 0.817 bits per heavy atom. The highest BCUT2D eigenvalue weighted by atomic mass is 35.5. The number of halogens is 2. The molecule has 20 heteroatoms. The van der Waals surface area contributed by atoms with E-state index in [2.05, 4.69) is 42.5 Å². The SMILES string of the molecule is CN[C@@H](C)C(=O)NC(C(=O)N1C[C@@H](NC(=O)c2cccc(C(=O)N[C@H]3CC(C(=O)N[C@H](C)c4cccc5ccccc45)N(C(=O)[C@@H](NC(=O)[C@H](C)NC)C(C)(C)C)C3)c2)CC1C(=O)NC(C)c1cccc2ccccc12)C(C)(C)C.Cl.Cl. The number of rotatable bonds is 18. The molecule has 0 bridgehead atoms. The third-order valence-corrected chi connectivity index (χ3v) is 15.6. The lowest BCUT2D eigenvalue weighted by atomic mass is 9.85. The van der Waals surface area contributed by atoms with Gasteiger partial charge in [-0.25, -0.2) is 0 Å². The highest BCUT2D eigenvalue weighted by Gasteiger charge is 2.48. The molecule has 8 N–H and O–H groups in total. The lowest BCUT2D eigenvalue weighted by Gasteiger charge is -2.36. The second-order valence-corrected chi connectivity index (χ2v) is 23.6. The molecular formula is C62H82Cl2N10O8. The molecule has 2 fully saturated rings. The monoisotopic (exact) mass is 1160 g/mol. The summed E-state index contributed by atoms with van der Waals surface area (Å²) in [7, 11) is 3.29. The molecule has 18 nitrogen and oxygen atoms in total. The number of nitrogens with zero attached hydrogens (tertiary/aromatic N) is 2. The molecule has 8 amide bonds. The van der Waals surface area contributed by atoms with Gasteiger partial charge in [0.05, 0.1) is 24.2 Å². The molecule has 0 aliphatic carbocycles. The van der Waals surface area contributed by atoms with Gasteiger partial charge in [-0.3, -0.25) is 38.4 Å². The summed E-state index contributed by atoms with van der Waals surface area (Å²) < 4.78 is 0. The second kappa shape index (κ2) is 27.8. The first kappa shape index (κ1) is 65.7. The van der Waals surface area contributed by atoms with Crippen LogP contribution in [-0.4, -0.2) is 133 Å². The Hall–Kier alpha value is -7.12. The Balaban J connectivity index is 0.00000616. The van der Waals surface area contributed by atoms with Gasteiger partial charge >= 0.3 is 0 Å². The van der Waals surface area contributed by atoms with Crippen LogP contribution in [-0.2, 0) is 28.8 Å². The van der Waals surface area contributed by atoms with Crippen molar-refractivity contribution in [2.24, 2.45) is 10.8 Å². The standard InChI is InChI=1S/C62H80N10O8.2ClH/c1-35(45-28-18-22-39-20-13-15-26-47(39)45)65-57(77)49-31-43(33-71(49)59(79)51(61(5,6)7)69-53(73)37(3)63-11)67-55(75)41-24-17-25-42(30-41)56(76)68-44-32-50(58(78)66-36(2)46-29-19-23-40-21-14-16-27-48(40)46)72(34-44)60(80)52(62(8,9)10)70-54(74)38(4)64-12;;/h13-30,35-38,43-44,49-52,63-64H,31-34H2,1-12H3,(H,65,77)(H,66,78)(H,67,75)(H,68,76)(H,69,73)(H,70,74);2*1H/t35-,36?,37+,38+,43+,44+,49?,50?,51-,52?;;/m1../s1. The lowest BCUT2D eigenvalue weighted by Crippen LogP contribution is -2.59. The molecule has 0 saturated carbocycles. The molecule has 0 spiro atoms. The quantitative estimate of drug-likeness (QED) is 0.0490. The Kier molecular flexibility index (Phi) is 22.2. The van der Waals surface area contributed by atoms with Gasteiger partial charge < -0.3 is 52.3 Å². The van der Waals surface area contributed by atoms with Gasteiger partial charge in [-0.05, 0) is 116 Å². The van der Waals surface area contributed by atoms with Gasteiger partial charge in [0.15, 0.2) is 0 Å². The molecular weight excluding hydrogens is 1080 g/mol. The Morgan fingerprint density at radius 3 is 1.17 bits per heavy atom. The van der Waals surface area contributed by atoms with E-state index in [9.17, 15) is 38.4 Å². The fourth-order valence-corrected chi connectivity index (χ4v) is 10.7. The van der Waals surface area contributed by atoms with Gasteiger partial charge in [0.2, 0.25) is 35.4 Å². The lowest BCUT2D eigenvalue weighted by molar-refractivity contribution is -0.144. The number of hydrogen-bond acceptors (Lipinski definition) is 10. The number of carbonyl (C=O) groups excluding carboxylic acids is 8. The van der Waals surface area contributed by atoms with E-state index in [1.165, 1.54) is 15.9 Å². The highest BCUT2D eigenvalue weighted by molar-refractivity contribution is 6.01. The van der Waals surface area contributed by atoms with Crippen molar-refractivity contribution >= 4 is 93.6 Å². The van der Waals surface area contributed by atoms with Crippen molar-refractivity contribution in [1.82, 2.24) is 52.3 Å². The van der Waals surface area contributed by atoms with E-state index in [0.717, 1.165) is 32.7 Å². The van der Waals surface area contributed by atoms with Crippen LogP contribution in [0.1, 0.15) is 126 Å². The molecule has 4 unspecified atom stereocenters. The average molecular weight is 1170 g/mol. The molecule has 442 valence electrons. The van der Waals surface area contributed by atoms with E-state index < -0.39 is 107 Å². The summed E-state index contributed by atoms with van der Waals surface area (Å²) in [5.41, 5.74) is 0.514. The molecule has 0 aromatic heterocycles. The number of likely N-dealkylation sites (N-methyl/N-ethyl adjacent to an activating group) is 2. The zero-order chi connectivity index (χ0) is 58.4. The van der Waals surface area contributed by atoms with Gasteiger partial charge in [0.25, 0.3) is 11.8 Å². The smallest absolute Gasteiger partial charge is 0.251 e. The first-order chi connectivity index (χ1) is 37.8. The summed E-state index contributed by atoms with van der Waals surface area (Å²) in [6.07, 6.45) is 0.119. The number of benzene rings is 5. The Morgan fingerprint density at radius 1 is 0.476 bits per heavy atom. The molecule has 7 rings (SSSR count). The van der Waals surface area contributed by atoms with Crippen LogP contribution in [0.3, 0.4) is 0 Å². The largest absolute Gasteiger partial charge is 0.348 e. The van der Waals surface area contributed by atoms with Gasteiger partial charge in [-0.1, -0.05) is 133 Å². The molecule has 5 aromatic rings. The van der Waals surface area contributed by atoms with Crippen molar-refractivity contribution in [2.45, 2.75) is 142 Å². The van der Waals surface area contributed by atoms with Crippen LogP contribution < -0.4 is 42.5 Å². The summed E-state index contributed by atoms with van der Waals surface area (Å²) in [5, 5.41) is 27.9. The highest BCUT2D eigenvalue weighted by Crippen LogP contribution is 2.31. The van der Waals surface area contributed by atoms with Gasteiger partial charge in [-0.2, -0.15) is 0 Å². The van der Waals surface area contributed by atoms with Gasteiger partial charge in [0.1, 0.15) is 24.2 Å². The van der Waals surface area contributed by atoms with Crippen LogP contribution in [0, 0.1) is 10.8 Å². The summed E-state index contributed by atoms with van der Waals surface area (Å²) >= 11 is 0. The van der Waals surface area contributed by atoms with Crippen molar-refractivity contribution < 1.29 is 38.4 Å². The molecule has 2 aliphatic rings. The van der Waals surface area contributed by atoms with E-state index in [-0.39, 0.29) is 73.7 Å². The summed E-state index contributed by atoms with van der Waals surface area (Å²) in [4.78, 5) is 116. The second-order valence-electron chi connectivity index (χ2n) is 23.6. The van der Waals surface area contributed by atoms with Crippen LogP contribution in [0.5, 0.6) is 0 Å². The van der Waals surface area contributed by atoms with Crippen molar-refractivity contribution in [1.29, 1.82) is 0 Å². The van der Waals surface area contributed by atoms with Crippen molar-refractivity contribution in [3.63, 3.8) is 0 Å². The molecule has 0 radical (unpaired) electrons. The number of amides is 8. The molecule has 2 saturated heterocycles. The van der Waals surface area contributed by atoms with Crippen LogP contribution in [0.4, 0.5) is 0 Å². The summed E-state index contributed by atoms with van der Waals surface area (Å²) in [6, 6.07) is 25.9. The van der Waals surface area contributed by atoms with E-state index in [1.54, 1.807) is 46.1 Å². The minimum atomic E-state index is -1.03. The maximum atomic E-state index is 14.8. The van der Waals surface area contributed by atoms with E-state index >= 15 is 0 Å². The fourth-order valence-electron chi connectivity index (χ4n) is 10.7. The predicted octanol–water partition coefficient (Wildman–Crippen LogP) is 6.27. The number of nitrogens with one attached hydrogen (secondary N) is 8. The Labute approximate surface area is 494 Å². The molecule has 2 heterocycles. The number of carbonyl (C=O) groups is 8. The molecule has 82 heavy (non-hydrogen) atoms. The molecule has 5 aromatic carbocycles. The van der Waals surface area contributed by atoms with Crippen molar-refractivity contribution in [3.8, 4) is 0 Å². The third kappa shape index (κ3) is 15.3. The van der Waals surface area contributed by atoms with E-state index in [0.29, 0.717) is 0 Å². The first-order valence-electron chi connectivity index (χ1n) is 27.6. The minimum absolute atomic E-state index is 0. The van der Waals surface area contributed by atoms with Crippen LogP contribution >= 0.6 is 24.8 Å². The number of likely N-dealkylation sites (tertiary alicyclic amines) is 2. The first-order valence-corrected chi connectivity index (χ1v) is 27.6. The number of fused-ring (bicyclic) bond motifs is 2. The van der Waals surface area contributed by atoms with Crippen LogP contribution in [0.25, 0.3) is 21.5 Å². The topological polar surface area (TPSA) is 239 Å². The normalized spacial score (nSPS) is 19.2. The zero-order valence-electron chi connectivity index (χ0n) is 49.0. The zero-order valence-corrected chi connectivity index (χ0v) is 50.6. The van der Waals surface area contributed by atoms with E-state index in [1.807, 2.05) is 140 Å². The molecule has 2 aliphatic heterocycles.